The van der Waals surface area contributed by atoms with Crippen LogP contribution < -0.4 is 0 Å². The molecule has 16 heavy (non-hydrogen) atoms. The van der Waals surface area contributed by atoms with Crippen LogP contribution in [0.25, 0.3) is 10.8 Å². The van der Waals surface area contributed by atoms with Gasteiger partial charge in [0.15, 0.2) is 0 Å². The predicted octanol–water partition coefficient (Wildman–Crippen LogP) is 4.92. The van der Waals surface area contributed by atoms with Gasteiger partial charge in [-0.2, -0.15) is 0 Å². The van der Waals surface area contributed by atoms with Gasteiger partial charge in [-0.1, -0.05) is 57.2 Å². The second-order valence-electron chi connectivity index (χ2n) is 4.52. The average molecular weight is 212 g/mol. The van der Waals surface area contributed by atoms with Crippen molar-refractivity contribution in [2.24, 2.45) is 0 Å². The van der Waals surface area contributed by atoms with Crippen LogP contribution in [0, 0.1) is 0 Å². The summed E-state index contributed by atoms with van der Waals surface area (Å²) in [5.41, 5.74) is 3.07. The van der Waals surface area contributed by atoms with Gasteiger partial charge in [-0.05, 0) is 40.7 Å². The van der Waals surface area contributed by atoms with E-state index < -0.39 is 0 Å². The molecule has 2 aromatic carbocycles. The van der Waals surface area contributed by atoms with Gasteiger partial charge in [0.1, 0.15) is 0 Å². The maximum atomic E-state index is 2.32. The Balaban J connectivity index is 2.67. The van der Waals surface area contributed by atoms with E-state index in [1.807, 2.05) is 0 Å². The number of rotatable bonds is 3. The zero-order chi connectivity index (χ0) is 11.5. The van der Waals surface area contributed by atoms with Gasteiger partial charge < -0.3 is 0 Å². The van der Waals surface area contributed by atoms with Crippen molar-refractivity contribution in [3.8, 4) is 0 Å². The fraction of sp³-hybridized carbons (Fsp3) is 0.375. The van der Waals surface area contributed by atoms with Crippen LogP contribution >= 0.6 is 0 Å². The summed E-state index contributed by atoms with van der Waals surface area (Å²) in [6, 6.07) is 13.3. The summed E-state index contributed by atoms with van der Waals surface area (Å²) in [5, 5.41) is 2.80. The van der Waals surface area contributed by atoms with Gasteiger partial charge in [-0.25, -0.2) is 0 Å². The molecule has 84 valence electrons. The summed E-state index contributed by atoms with van der Waals surface area (Å²) in [5.74, 6) is 0.666. The molecule has 2 aromatic rings. The highest BCUT2D eigenvalue weighted by atomic mass is 14.1. The normalized spacial score (nSPS) is 12.9. The van der Waals surface area contributed by atoms with Gasteiger partial charge in [0, 0.05) is 0 Å². The molecule has 0 nitrogen and oxygen atoms in total. The highest BCUT2D eigenvalue weighted by molar-refractivity contribution is 5.86. The third-order valence-electron chi connectivity index (χ3n) is 3.57. The lowest BCUT2D eigenvalue weighted by Crippen LogP contribution is -1.98. The van der Waals surface area contributed by atoms with E-state index >= 15 is 0 Å². The van der Waals surface area contributed by atoms with Gasteiger partial charge in [0.05, 0.1) is 0 Å². The Morgan fingerprint density at radius 1 is 1.00 bits per heavy atom. The zero-order valence-electron chi connectivity index (χ0n) is 10.5. The summed E-state index contributed by atoms with van der Waals surface area (Å²) in [7, 11) is 0. The number of hydrogen-bond acceptors (Lipinski definition) is 0. The molecule has 0 spiro atoms. The molecule has 1 atom stereocenters. The van der Waals surface area contributed by atoms with Crippen molar-refractivity contribution in [2.45, 2.75) is 39.5 Å². The van der Waals surface area contributed by atoms with Crippen LogP contribution in [0.4, 0.5) is 0 Å². The third-order valence-corrected chi connectivity index (χ3v) is 3.57. The van der Waals surface area contributed by atoms with Crippen LogP contribution in [0.15, 0.2) is 36.4 Å². The quantitative estimate of drug-likeness (QED) is 0.677. The standard InChI is InChI=1S/C16H20/c1-4-12(3)15-11-10-13-8-6-7-9-16(13)14(15)5-2/h6-12H,4-5H2,1-3H3. The van der Waals surface area contributed by atoms with Crippen LogP contribution in [-0.2, 0) is 6.42 Å². The highest BCUT2D eigenvalue weighted by Crippen LogP contribution is 2.29. The average Bonchev–Trinajstić information content (AvgIpc) is 2.36. The van der Waals surface area contributed by atoms with Crippen molar-refractivity contribution in [3.05, 3.63) is 47.5 Å². The Labute approximate surface area is 98.3 Å². The van der Waals surface area contributed by atoms with Crippen molar-refractivity contribution in [3.63, 3.8) is 0 Å². The summed E-state index contributed by atoms with van der Waals surface area (Å²) in [6.45, 7) is 6.84. The van der Waals surface area contributed by atoms with E-state index in [0.717, 1.165) is 6.42 Å². The molecule has 0 aliphatic rings. The molecule has 0 amide bonds. The maximum Gasteiger partial charge on any atom is -0.0149 e. The van der Waals surface area contributed by atoms with E-state index in [0.29, 0.717) is 5.92 Å². The number of fused-ring (bicyclic) bond motifs is 1. The second kappa shape index (κ2) is 4.69. The van der Waals surface area contributed by atoms with Crippen molar-refractivity contribution in [1.82, 2.24) is 0 Å². The molecular formula is C16H20. The first kappa shape index (κ1) is 11.2. The molecule has 0 bridgehead atoms. The molecular weight excluding hydrogens is 192 g/mol. The van der Waals surface area contributed by atoms with Crippen molar-refractivity contribution in [1.29, 1.82) is 0 Å². The van der Waals surface area contributed by atoms with E-state index in [2.05, 4.69) is 57.2 Å². The van der Waals surface area contributed by atoms with Crippen molar-refractivity contribution >= 4 is 10.8 Å². The van der Waals surface area contributed by atoms with E-state index in [4.69, 9.17) is 0 Å². The first-order chi connectivity index (χ1) is 7.77. The minimum absolute atomic E-state index is 0.666. The first-order valence-corrected chi connectivity index (χ1v) is 6.28. The van der Waals surface area contributed by atoms with E-state index in [9.17, 15) is 0 Å². The Bertz CT molecular complexity index is 482. The SMILES string of the molecule is CCc1c(C(C)CC)ccc2ccccc12. The summed E-state index contributed by atoms with van der Waals surface area (Å²) >= 11 is 0. The molecule has 2 rings (SSSR count). The molecule has 1 unspecified atom stereocenters. The molecule has 0 aromatic heterocycles. The van der Waals surface area contributed by atoms with Crippen LogP contribution in [0.3, 0.4) is 0 Å². The molecule has 0 aliphatic carbocycles. The van der Waals surface area contributed by atoms with E-state index in [-0.39, 0.29) is 0 Å². The molecule has 0 fully saturated rings. The molecule has 0 heterocycles. The van der Waals surface area contributed by atoms with Gasteiger partial charge in [-0.3, -0.25) is 0 Å². The van der Waals surface area contributed by atoms with E-state index in [1.54, 1.807) is 0 Å². The minimum Gasteiger partial charge on any atom is -0.0648 e. The van der Waals surface area contributed by atoms with Gasteiger partial charge in [-0.15, -0.1) is 0 Å². The highest BCUT2D eigenvalue weighted by Gasteiger charge is 2.10. The topological polar surface area (TPSA) is 0 Å². The predicted molar refractivity (Wildman–Crippen MR) is 72.0 cm³/mol. The Morgan fingerprint density at radius 3 is 2.44 bits per heavy atom. The zero-order valence-corrected chi connectivity index (χ0v) is 10.5. The number of hydrogen-bond donors (Lipinski definition) is 0. The molecule has 0 saturated heterocycles. The lowest BCUT2D eigenvalue weighted by Gasteiger charge is -2.16. The maximum absolute atomic E-state index is 2.32. The lowest BCUT2D eigenvalue weighted by molar-refractivity contribution is 0.725. The largest absolute Gasteiger partial charge is 0.0648 e. The Kier molecular flexibility index (Phi) is 3.28. The van der Waals surface area contributed by atoms with Crippen LogP contribution in [0.1, 0.15) is 44.2 Å². The Morgan fingerprint density at radius 2 is 1.75 bits per heavy atom. The third kappa shape index (κ3) is 1.84. The van der Waals surface area contributed by atoms with Crippen molar-refractivity contribution < 1.29 is 0 Å². The van der Waals surface area contributed by atoms with Gasteiger partial charge >= 0.3 is 0 Å². The van der Waals surface area contributed by atoms with Gasteiger partial charge in [0.25, 0.3) is 0 Å². The molecule has 0 saturated carbocycles. The fourth-order valence-corrected chi connectivity index (χ4v) is 2.43. The molecule has 0 aliphatic heterocycles. The van der Waals surface area contributed by atoms with Crippen LogP contribution in [0.2, 0.25) is 0 Å². The smallest absolute Gasteiger partial charge is 0.0149 e. The van der Waals surface area contributed by atoms with Gasteiger partial charge in [0.2, 0.25) is 0 Å². The second-order valence-corrected chi connectivity index (χ2v) is 4.52. The molecule has 0 radical (unpaired) electrons. The van der Waals surface area contributed by atoms with E-state index in [1.165, 1.54) is 28.3 Å². The minimum atomic E-state index is 0.666. The lowest BCUT2D eigenvalue weighted by atomic mass is 9.89. The number of benzene rings is 2. The Hall–Kier alpha value is -1.30. The fourth-order valence-electron chi connectivity index (χ4n) is 2.43. The first-order valence-electron chi connectivity index (χ1n) is 6.28. The monoisotopic (exact) mass is 212 g/mol. The molecule has 0 heteroatoms. The summed E-state index contributed by atoms with van der Waals surface area (Å²) in [6.07, 6.45) is 2.34. The summed E-state index contributed by atoms with van der Waals surface area (Å²) in [4.78, 5) is 0. The number of aryl methyl sites for hydroxylation is 1. The van der Waals surface area contributed by atoms with Crippen LogP contribution in [0.5, 0.6) is 0 Å². The molecule has 0 N–H and O–H groups in total. The van der Waals surface area contributed by atoms with Crippen LogP contribution in [-0.4, -0.2) is 0 Å². The summed E-state index contributed by atoms with van der Waals surface area (Å²) < 4.78 is 0. The van der Waals surface area contributed by atoms with Crippen molar-refractivity contribution in [2.75, 3.05) is 0 Å².